The predicted molar refractivity (Wildman–Crippen MR) is 117 cm³/mol. The van der Waals surface area contributed by atoms with Gasteiger partial charge >= 0.3 is 0 Å². The summed E-state index contributed by atoms with van der Waals surface area (Å²) < 4.78 is 28.4. The smallest absolute Gasteiger partial charge is 0.261 e. The monoisotopic (exact) mass is 408 g/mol. The zero-order chi connectivity index (χ0) is 20.8. The van der Waals surface area contributed by atoms with E-state index in [2.05, 4.69) is 4.72 Å². The lowest BCUT2D eigenvalue weighted by Crippen LogP contribution is -2.38. The Balaban J connectivity index is 1.61. The Morgan fingerprint density at radius 2 is 1.69 bits per heavy atom. The Kier molecular flexibility index (Phi) is 4.62. The Morgan fingerprint density at radius 3 is 2.41 bits per heavy atom. The second kappa shape index (κ2) is 6.88. The summed E-state index contributed by atoms with van der Waals surface area (Å²) in [6, 6.07) is 18.1. The Hall–Kier alpha value is -2.86. The summed E-state index contributed by atoms with van der Waals surface area (Å²) in [6.07, 6.45) is 0.711. The molecule has 0 spiro atoms. The third-order valence-corrected chi connectivity index (χ3v) is 6.52. The molecule has 5 nitrogen and oxygen atoms in total. The molecule has 1 amide bonds. The van der Waals surface area contributed by atoms with Crippen LogP contribution in [0.3, 0.4) is 0 Å². The summed E-state index contributed by atoms with van der Waals surface area (Å²) in [7, 11) is -3.71. The van der Waals surface area contributed by atoms with Crippen molar-refractivity contribution in [2.45, 2.75) is 32.1 Å². The SMILES string of the molecule is CC(C)(C)C(=O)N1CCc2cc(NS(=O)(=O)c3ccc4ccccc4c3)ccc21. The second-order valence-corrected chi connectivity index (χ2v) is 10.1. The molecule has 3 aromatic carbocycles. The molecular formula is C23H24N2O3S. The zero-order valence-electron chi connectivity index (χ0n) is 16.8. The molecule has 1 N–H and O–H groups in total. The van der Waals surface area contributed by atoms with Crippen LogP contribution in [-0.2, 0) is 21.2 Å². The number of sulfonamides is 1. The lowest BCUT2D eigenvalue weighted by Gasteiger charge is -2.26. The van der Waals surface area contributed by atoms with Crippen LogP contribution >= 0.6 is 0 Å². The van der Waals surface area contributed by atoms with Crippen LogP contribution in [0.25, 0.3) is 10.8 Å². The van der Waals surface area contributed by atoms with Crippen molar-refractivity contribution in [2.75, 3.05) is 16.2 Å². The average Bonchev–Trinajstić information content (AvgIpc) is 3.09. The molecule has 0 radical (unpaired) electrons. The van der Waals surface area contributed by atoms with Crippen LogP contribution in [0.2, 0.25) is 0 Å². The summed E-state index contributed by atoms with van der Waals surface area (Å²) in [5.74, 6) is 0.0701. The molecule has 0 saturated heterocycles. The number of amides is 1. The van der Waals surface area contributed by atoms with Crippen LogP contribution < -0.4 is 9.62 Å². The summed E-state index contributed by atoms with van der Waals surface area (Å²) in [6.45, 7) is 6.32. The minimum atomic E-state index is -3.71. The maximum atomic E-state index is 12.9. The molecule has 0 unspecified atom stereocenters. The lowest BCUT2D eigenvalue weighted by atomic mass is 9.94. The van der Waals surface area contributed by atoms with Crippen molar-refractivity contribution in [3.05, 3.63) is 66.2 Å². The van der Waals surface area contributed by atoms with Crippen molar-refractivity contribution in [1.29, 1.82) is 0 Å². The highest BCUT2D eigenvalue weighted by Gasteiger charge is 2.32. The van der Waals surface area contributed by atoms with E-state index >= 15 is 0 Å². The van der Waals surface area contributed by atoms with Gasteiger partial charge < -0.3 is 4.90 Å². The summed E-state index contributed by atoms with van der Waals surface area (Å²) in [4.78, 5) is 14.7. The zero-order valence-corrected chi connectivity index (χ0v) is 17.6. The minimum Gasteiger partial charge on any atom is -0.311 e. The first-order chi connectivity index (χ1) is 13.6. The molecule has 0 aliphatic carbocycles. The fraction of sp³-hybridized carbons (Fsp3) is 0.261. The van der Waals surface area contributed by atoms with Crippen LogP contribution in [0.4, 0.5) is 11.4 Å². The highest BCUT2D eigenvalue weighted by Crippen LogP contribution is 2.34. The van der Waals surface area contributed by atoms with Crippen LogP contribution in [0.5, 0.6) is 0 Å². The highest BCUT2D eigenvalue weighted by atomic mass is 32.2. The number of carbonyl (C=O) groups is 1. The first-order valence-corrected chi connectivity index (χ1v) is 11.1. The molecule has 0 bridgehead atoms. The van der Waals surface area contributed by atoms with Gasteiger partial charge in [-0.1, -0.05) is 51.1 Å². The number of benzene rings is 3. The van der Waals surface area contributed by atoms with Crippen molar-refractivity contribution in [3.63, 3.8) is 0 Å². The van der Waals surface area contributed by atoms with Gasteiger partial charge in [-0.3, -0.25) is 9.52 Å². The Labute approximate surface area is 171 Å². The summed E-state index contributed by atoms with van der Waals surface area (Å²) in [5, 5.41) is 1.87. The predicted octanol–water partition coefficient (Wildman–Crippen LogP) is 4.58. The number of fused-ring (bicyclic) bond motifs is 2. The minimum absolute atomic E-state index is 0.0701. The van der Waals surface area contributed by atoms with E-state index in [1.807, 2.05) is 63.2 Å². The van der Waals surface area contributed by atoms with Gasteiger partial charge in [-0.25, -0.2) is 8.42 Å². The number of rotatable bonds is 3. The van der Waals surface area contributed by atoms with E-state index in [9.17, 15) is 13.2 Å². The van der Waals surface area contributed by atoms with Gasteiger partial charge in [0.2, 0.25) is 5.91 Å². The number of nitrogens with zero attached hydrogens (tertiary/aromatic N) is 1. The molecule has 0 fully saturated rings. The van der Waals surface area contributed by atoms with Crippen molar-refractivity contribution in [2.24, 2.45) is 5.41 Å². The van der Waals surface area contributed by atoms with E-state index in [1.54, 1.807) is 23.1 Å². The van der Waals surface area contributed by atoms with Crippen molar-refractivity contribution < 1.29 is 13.2 Å². The van der Waals surface area contributed by atoms with E-state index in [-0.39, 0.29) is 10.8 Å². The Bertz CT molecular complexity index is 1210. The van der Waals surface area contributed by atoms with Crippen molar-refractivity contribution >= 4 is 38.1 Å². The normalized spacial score (nSPS) is 14.1. The van der Waals surface area contributed by atoms with Gasteiger partial charge in [0.25, 0.3) is 10.0 Å². The van der Waals surface area contributed by atoms with Gasteiger partial charge in [-0.05, 0) is 53.1 Å². The molecule has 6 heteroatoms. The first kappa shape index (κ1) is 19.5. The standard InChI is InChI=1S/C23H24N2O3S/c1-23(2,3)22(26)25-13-12-18-14-19(9-11-21(18)25)24-29(27,28)20-10-8-16-6-4-5-7-17(16)15-20/h4-11,14-15,24H,12-13H2,1-3H3. The maximum absolute atomic E-state index is 12.9. The van der Waals surface area contributed by atoms with E-state index < -0.39 is 15.4 Å². The highest BCUT2D eigenvalue weighted by molar-refractivity contribution is 7.92. The van der Waals surface area contributed by atoms with Gasteiger partial charge in [0, 0.05) is 23.3 Å². The van der Waals surface area contributed by atoms with Gasteiger partial charge in [0.05, 0.1) is 4.90 Å². The number of anilines is 2. The molecule has 1 aliphatic rings. The molecule has 3 aromatic rings. The van der Waals surface area contributed by atoms with Gasteiger partial charge in [0.15, 0.2) is 0 Å². The molecule has 0 aromatic heterocycles. The topological polar surface area (TPSA) is 66.5 Å². The molecule has 4 rings (SSSR count). The fourth-order valence-electron chi connectivity index (χ4n) is 3.63. The maximum Gasteiger partial charge on any atom is 0.261 e. The first-order valence-electron chi connectivity index (χ1n) is 9.62. The number of hydrogen-bond donors (Lipinski definition) is 1. The van der Waals surface area contributed by atoms with E-state index in [1.165, 1.54) is 0 Å². The van der Waals surface area contributed by atoms with Crippen LogP contribution in [0.15, 0.2) is 65.6 Å². The van der Waals surface area contributed by atoms with Gasteiger partial charge in [-0.2, -0.15) is 0 Å². The van der Waals surface area contributed by atoms with Crippen molar-refractivity contribution in [3.8, 4) is 0 Å². The Morgan fingerprint density at radius 1 is 0.966 bits per heavy atom. The van der Waals surface area contributed by atoms with Crippen LogP contribution in [-0.4, -0.2) is 20.9 Å². The van der Waals surface area contributed by atoms with Crippen LogP contribution in [0, 0.1) is 5.41 Å². The average molecular weight is 409 g/mol. The third-order valence-electron chi connectivity index (χ3n) is 5.15. The summed E-state index contributed by atoms with van der Waals surface area (Å²) in [5.41, 5.74) is 1.87. The van der Waals surface area contributed by atoms with E-state index in [0.29, 0.717) is 18.7 Å². The molecule has 0 saturated carbocycles. The molecule has 1 heterocycles. The fourth-order valence-corrected chi connectivity index (χ4v) is 4.71. The molecule has 1 aliphatic heterocycles. The van der Waals surface area contributed by atoms with Gasteiger partial charge in [0.1, 0.15) is 0 Å². The number of carbonyl (C=O) groups excluding carboxylic acids is 1. The van der Waals surface area contributed by atoms with Crippen molar-refractivity contribution in [1.82, 2.24) is 0 Å². The lowest BCUT2D eigenvalue weighted by molar-refractivity contribution is -0.125. The molecule has 0 atom stereocenters. The van der Waals surface area contributed by atoms with E-state index in [4.69, 9.17) is 0 Å². The summed E-state index contributed by atoms with van der Waals surface area (Å²) >= 11 is 0. The number of hydrogen-bond acceptors (Lipinski definition) is 3. The van der Waals surface area contributed by atoms with Gasteiger partial charge in [-0.15, -0.1) is 0 Å². The molecule has 29 heavy (non-hydrogen) atoms. The van der Waals surface area contributed by atoms with Crippen LogP contribution in [0.1, 0.15) is 26.3 Å². The molecular weight excluding hydrogens is 384 g/mol. The quantitative estimate of drug-likeness (QED) is 0.690. The largest absolute Gasteiger partial charge is 0.311 e. The number of nitrogens with one attached hydrogen (secondary N) is 1. The third kappa shape index (κ3) is 3.72. The molecule has 150 valence electrons. The van der Waals surface area contributed by atoms with E-state index in [0.717, 1.165) is 22.0 Å². The second-order valence-electron chi connectivity index (χ2n) is 8.41.